The van der Waals surface area contributed by atoms with Gasteiger partial charge in [0, 0.05) is 19.0 Å². The Bertz CT molecular complexity index is 588. The zero-order chi connectivity index (χ0) is 22.5. The molecule has 0 aromatic carbocycles. The topological polar surface area (TPSA) is 32.3 Å². The second-order valence-electron chi connectivity index (χ2n) is 9.52. The summed E-state index contributed by atoms with van der Waals surface area (Å²) in [6, 6.07) is 0.385. The van der Waals surface area contributed by atoms with Crippen molar-refractivity contribution in [1.82, 2.24) is 10.2 Å². The van der Waals surface area contributed by atoms with E-state index in [4.69, 9.17) is 6.42 Å². The van der Waals surface area contributed by atoms with Gasteiger partial charge in [-0.3, -0.25) is 9.69 Å². The van der Waals surface area contributed by atoms with Crippen molar-refractivity contribution in [2.75, 3.05) is 13.1 Å². The van der Waals surface area contributed by atoms with Crippen molar-refractivity contribution >= 4 is 5.91 Å². The third-order valence-electron chi connectivity index (χ3n) is 6.73. The van der Waals surface area contributed by atoms with Gasteiger partial charge in [-0.1, -0.05) is 44.9 Å². The minimum atomic E-state index is 0.0317. The van der Waals surface area contributed by atoms with Crippen molar-refractivity contribution in [3.63, 3.8) is 0 Å². The third-order valence-corrected chi connectivity index (χ3v) is 6.73. The lowest BCUT2D eigenvalue weighted by Crippen LogP contribution is -2.50. The predicted octanol–water partition coefficient (Wildman–Crippen LogP) is 5.97. The number of rotatable bonds is 8. The Labute approximate surface area is 186 Å². The standard InChI is InChI=1S/C24H40N2O.C3H6/c1-6-8-10-19(4)17-26-14-9-11-23(26)24(27)25-22-13-12-21(16-20(22)5)15-18(3)7-2;1-3-2/h1,10,18,20-23H,7-9,11-17H2,2-5H3,(H,25,27);3H,1H2,2H3/b19-10+;. The number of allylic oxidation sites excluding steroid dienone is 2. The molecule has 0 spiro atoms. The number of nitrogens with one attached hydrogen (secondary N) is 1. The highest BCUT2D eigenvalue weighted by molar-refractivity contribution is 5.82. The molecule has 2 rings (SSSR count). The van der Waals surface area contributed by atoms with Crippen LogP contribution in [0.2, 0.25) is 0 Å². The van der Waals surface area contributed by atoms with E-state index in [1.54, 1.807) is 6.08 Å². The molecule has 1 saturated carbocycles. The molecule has 0 aromatic heterocycles. The molecule has 30 heavy (non-hydrogen) atoms. The lowest BCUT2D eigenvalue weighted by atomic mass is 9.75. The first kappa shape index (κ1) is 26.5. The fourth-order valence-electron chi connectivity index (χ4n) is 4.88. The van der Waals surface area contributed by atoms with Gasteiger partial charge in [-0.25, -0.2) is 0 Å². The second-order valence-corrected chi connectivity index (χ2v) is 9.52. The van der Waals surface area contributed by atoms with Gasteiger partial charge in [0.05, 0.1) is 6.04 Å². The SMILES string of the molecule is C#CC/C=C(\C)CN1CCCC1C(=O)NC1CCC(CC(C)CC)CC1C.C=CC. The van der Waals surface area contributed by atoms with E-state index >= 15 is 0 Å². The van der Waals surface area contributed by atoms with Crippen molar-refractivity contribution in [1.29, 1.82) is 0 Å². The molecule has 1 aliphatic heterocycles. The van der Waals surface area contributed by atoms with Crippen molar-refractivity contribution in [2.24, 2.45) is 17.8 Å². The number of carbonyl (C=O) groups is 1. The largest absolute Gasteiger partial charge is 0.352 e. The van der Waals surface area contributed by atoms with Crippen molar-refractivity contribution in [3.05, 3.63) is 24.3 Å². The molecular weight excluding hydrogens is 368 g/mol. The van der Waals surface area contributed by atoms with E-state index in [0.29, 0.717) is 18.4 Å². The molecular formula is C27H46N2O. The monoisotopic (exact) mass is 414 g/mol. The van der Waals surface area contributed by atoms with Gasteiger partial charge in [-0.15, -0.1) is 18.9 Å². The predicted molar refractivity (Wildman–Crippen MR) is 130 cm³/mol. The van der Waals surface area contributed by atoms with Gasteiger partial charge in [0.1, 0.15) is 0 Å². The van der Waals surface area contributed by atoms with E-state index in [1.807, 2.05) is 6.92 Å². The first-order valence-electron chi connectivity index (χ1n) is 12.1. The molecule has 0 radical (unpaired) electrons. The number of nitrogens with zero attached hydrogens (tertiary/aromatic N) is 1. The summed E-state index contributed by atoms with van der Waals surface area (Å²) in [4.78, 5) is 15.3. The fourth-order valence-corrected chi connectivity index (χ4v) is 4.88. The lowest BCUT2D eigenvalue weighted by molar-refractivity contribution is -0.126. The maximum atomic E-state index is 13.0. The van der Waals surface area contributed by atoms with Gasteiger partial charge < -0.3 is 5.32 Å². The van der Waals surface area contributed by atoms with E-state index in [0.717, 1.165) is 44.2 Å². The first-order valence-corrected chi connectivity index (χ1v) is 12.1. The zero-order valence-corrected chi connectivity index (χ0v) is 20.3. The van der Waals surface area contributed by atoms with E-state index < -0.39 is 0 Å². The highest BCUT2D eigenvalue weighted by Gasteiger charge is 2.34. The molecule has 1 heterocycles. The van der Waals surface area contributed by atoms with Crippen LogP contribution in [-0.2, 0) is 4.79 Å². The molecule has 3 heteroatoms. The zero-order valence-electron chi connectivity index (χ0n) is 20.3. The number of likely N-dealkylation sites (tertiary alicyclic amines) is 1. The minimum absolute atomic E-state index is 0.0317. The average Bonchev–Trinajstić information content (AvgIpc) is 3.17. The Morgan fingerprint density at radius 1 is 1.37 bits per heavy atom. The van der Waals surface area contributed by atoms with Gasteiger partial charge in [-0.2, -0.15) is 0 Å². The minimum Gasteiger partial charge on any atom is -0.352 e. The molecule has 1 aliphatic carbocycles. The van der Waals surface area contributed by atoms with Gasteiger partial charge in [0.25, 0.3) is 0 Å². The molecule has 1 saturated heterocycles. The van der Waals surface area contributed by atoms with Crippen molar-refractivity contribution in [3.8, 4) is 12.3 Å². The molecule has 5 atom stereocenters. The molecule has 5 unspecified atom stereocenters. The second kappa shape index (κ2) is 14.5. The summed E-state index contributed by atoms with van der Waals surface area (Å²) >= 11 is 0. The Kier molecular flexibility index (Phi) is 12.8. The number of amides is 1. The van der Waals surface area contributed by atoms with Crippen LogP contribution in [0, 0.1) is 30.1 Å². The van der Waals surface area contributed by atoms with Crippen LogP contribution in [0.5, 0.6) is 0 Å². The van der Waals surface area contributed by atoms with Crippen LogP contribution in [0.25, 0.3) is 0 Å². The summed E-state index contributed by atoms with van der Waals surface area (Å²) in [7, 11) is 0. The summed E-state index contributed by atoms with van der Waals surface area (Å²) in [5.74, 6) is 5.16. The van der Waals surface area contributed by atoms with E-state index in [1.165, 1.54) is 31.3 Å². The molecule has 170 valence electrons. The summed E-state index contributed by atoms with van der Waals surface area (Å²) in [6.07, 6.45) is 18.3. The molecule has 0 bridgehead atoms. The Morgan fingerprint density at radius 2 is 2.07 bits per heavy atom. The third kappa shape index (κ3) is 9.09. The normalized spacial score (nSPS) is 28.1. The number of hydrogen-bond donors (Lipinski definition) is 1. The summed E-state index contributed by atoms with van der Waals surface area (Å²) < 4.78 is 0. The lowest BCUT2D eigenvalue weighted by Gasteiger charge is -2.36. The summed E-state index contributed by atoms with van der Waals surface area (Å²) in [6.45, 7) is 16.2. The molecule has 2 fully saturated rings. The smallest absolute Gasteiger partial charge is 0.237 e. The highest BCUT2D eigenvalue weighted by Crippen LogP contribution is 2.34. The number of terminal acetylenes is 1. The summed E-state index contributed by atoms with van der Waals surface area (Å²) in [5.41, 5.74) is 1.27. The molecule has 2 aliphatic rings. The number of carbonyl (C=O) groups excluding carboxylic acids is 1. The quantitative estimate of drug-likeness (QED) is 0.392. The van der Waals surface area contributed by atoms with Gasteiger partial charge in [0.2, 0.25) is 5.91 Å². The van der Waals surface area contributed by atoms with Crippen LogP contribution in [-0.4, -0.2) is 36.0 Å². The maximum Gasteiger partial charge on any atom is 0.237 e. The van der Waals surface area contributed by atoms with Crippen LogP contribution in [0.4, 0.5) is 0 Å². The van der Waals surface area contributed by atoms with Gasteiger partial charge in [0.15, 0.2) is 0 Å². The highest BCUT2D eigenvalue weighted by atomic mass is 16.2. The van der Waals surface area contributed by atoms with E-state index in [2.05, 4.69) is 56.5 Å². The number of hydrogen-bond acceptors (Lipinski definition) is 2. The Morgan fingerprint density at radius 3 is 2.67 bits per heavy atom. The fraction of sp³-hybridized carbons (Fsp3) is 0.741. The van der Waals surface area contributed by atoms with Gasteiger partial charge in [-0.05, 0) is 76.7 Å². The molecule has 1 N–H and O–H groups in total. The van der Waals surface area contributed by atoms with Crippen molar-refractivity contribution in [2.45, 2.75) is 98.1 Å². The first-order chi connectivity index (χ1) is 14.4. The van der Waals surface area contributed by atoms with Crippen LogP contribution < -0.4 is 5.32 Å². The average molecular weight is 415 g/mol. The van der Waals surface area contributed by atoms with Crippen LogP contribution >= 0.6 is 0 Å². The molecule has 3 nitrogen and oxygen atoms in total. The molecule has 1 amide bonds. The van der Waals surface area contributed by atoms with Gasteiger partial charge >= 0.3 is 0 Å². The van der Waals surface area contributed by atoms with Crippen LogP contribution in [0.3, 0.4) is 0 Å². The Balaban J connectivity index is 0.00000141. The maximum absolute atomic E-state index is 13.0. The van der Waals surface area contributed by atoms with Crippen LogP contribution in [0.1, 0.15) is 86.0 Å². The van der Waals surface area contributed by atoms with Crippen LogP contribution in [0.15, 0.2) is 24.3 Å². The Hall–Kier alpha value is -1.53. The summed E-state index contributed by atoms with van der Waals surface area (Å²) in [5, 5.41) is 3.41. The van der Waals surface area contributed by atoms with E-state index in [-0.39, 0.29) is 11.9 Å². The molecule has 0 aromatic rings. The van der Waals surface area contributed by atoms with Crippen molar-refractivity contribution < 1.29 is 4.79 Å². The van der Waals surface area contributed by atoms with E-state index in [9.17, 15) is 4.79 Å².